The van der Waals surface area contributed by atoms with Crippen molar-refractivity contribution in [2.24, 2.45) is 0 Å². The number of H-pyrrole nitrogens is 1. The van der Waals surface area contributed by atoms with E-state index < -0.39 is 0 Å². The van der Waals surface area contributed by atoms with Gasteiger partial charge in [0.05, 0.1) is 29.2 Å². The number of benzene rings is 2. The molecule has 6 aromatic rings. The Kier molecular flexibility index (Phi) is 4.47. The molecule has 6 rings (SSSR count). The molecule has 0 saturated heterocycles. The second kappa shape index (κ2) is 7.76. The lowest BCUT2D eigenvalue weighted by molar-refractivity contribution is 0.102. The number of pyridine rings is 2. The van der Waals surface area contributed by atoms with Crippen molar-refractivity contribution in [3.05, 3.63) is 103 Å². The molecule has 6 nitrogen and oxygen atoms in total. The minimum Gasteiger partial charge on any atom is -0.463 e. The number of aromatic amines is 1. The van der Waals surface area contributed by atoms with Crippen molar-refractivity contribution in [1.82, 2.24) is 15.0 Å². The Hall–Kier alpha value is -4.71. The van der Waals surface area contributed by atoms with Gasteiger partial charge >= 0.3 is 0 Å². The van der Waals surface area contributed by atoms with Crippen molar-refractivity contribution >= 4 is 33.4 Å². The van der Waals surface area contributed by atoms with E-state index in [0.717, 1.165) is 27.4 Å². The van der Waals surface area contributed by atoms with E-state index in [2.05, 4.69) is 21.4 Å². The van der Waals surface area contributed by atoms with E-state index in [4.69, 9.17) is 9.40 Å². The molecule has 0 aliphatic heterocycles. The largest absolute Gasteiger partial charge is 0.463 e. The zero-order valence-electron chi connectivity index (χ0n) is 17.4. The van der Waals surface area contributed by atoms with Crippen molar-refractivity contribution in [3.63, 3.8) is 0 Å². The Labute approximate surface area is 188 Å². The van der Waals surface area contributed by atoms with E-state index in [9.17, 15) is 4.79 Å². The normalized spacial score (nSPS) is 11.2. The van der Waals surface area contributed by atoms with Gasteiger partial charge in [-0.15, -0.1) is 0 Å². The van der Waals surface area contributed by atoms with Gasteiger partial charge in [0.25, 0.3) is 5.91 Å². The van der Waals surface area contributed by atoms with Crippen molar-refractivity contribution < 1.29 is 9.21 Å². The summed E-state index contributed by atoms with van der Waals surface area (Å²) in [6.45, 7) is 0. The third-order valence-corrected chi connectivity index (χ3v) is 5.65. The summed E-state index contributed by atoms with van der Waals surface area (Å²) in [6, 6.07) is 23.1. The molecule has 33 heavy (non-hydrogen) atoms. The van der Waals surface area contributed by atoms with Gasteiger partial charge in [-0.25, -0.2) is 4.98 Å². The Balaban J connectivity index is 1.53. The molecule has 0 bridgehead atoms. The molecule has 0 unspecified atom stereocenters. The topological polar surface area (TPSA) is 83.8 Å². The molecule has 0 radical (unpaired) electrons. The highest BCUT2D eigenvalue weighted by molar-refractivity contribution is 6.14. The maximum absolute atomic E-state index is 13.4. The van der Waals surface area contributed by atoms with Gasteiger partial charge in [0.1, 0.15) is 5.69 Å². The fraction of sp³-hybridized carbons (Fsp3) is 0. The fourth-order valence-corrected chi connectivity index (χ4v) is 4.08. The number of carbonyl (C=O) groups excluding carboxylic acids is 1. The van der Waals surface area contributed by atoms with Gasteiger partial charge in [-0.05, 0) is 54.1 Å². The Bertz CT molecular complexity index is 1600. The number of fused-ring (bicyclic) bond motifs is 2. The molecular formula is C27H18N4O2. The van der Waals surface area contributed by atoms with Crippen LogP contribution in [0.15, 0.2) is 102 Å². The number of aromatic nitrogens is 3. The maximum Gasteiger partial charge on any atom is 0.256 e. The maximum atomic E-state index is 13.4. The van der Waals surface area contributed by atoms with Crippen LogP contribution in [0.3, 0.4) is 0 Å². The average molecular weight is 430 g/mol. The van der Waals surface area contributed by atoms with Crippen LogP contribution in [0.2, 0.25) is 0 Å². The number of hydrogen-bond acceptors (Lipinski definition) is 4. The van der Waals surface area contributed by atoms with Crippen LogP contribution in [0.5, 0.6) is 0 Å². The Morgan fingerprint density at radius 3 is 2.73 bits per heavy atom. The van der Waals surface area contributed by atoms with E-state index in [1.54, 1.807) is 42.9 Å². The number of rotatable bonds is 4. The number of furan rings is 1. The predicted octanol–water partition coefficient (Wildman–Crippen LogP) is 6.29. The summed E-state index contributed by atoms with van der Waals surface area (Å²) in [6.07, 6.45) is 6.87. The van der Waals surface area contributed by atoms with Crippen LogP contribution in [0, 0.1) is 0 Å². The molecule has 0 aliphatic carbocycles. The highest BCUT2D eigenvalue weighted by atomic mass is 16.3. The van der Waals surface area contributed by atoms with Crippen molar-refractivity contribution in [2.75, 3.05) is 5.32 Å². The number of nitrogens with zero attached hydrogens (tertiary/aromatic N) is 2. The van der Waals surface area contributed by atoms with Crippen LogP contribution in [-0.2, 0) is 0 Å². The standard InChI is InChI=1S/C27H18N4O2/c32-27(30-18-5-3-11-28-15-18)21-14-25(26-8-4-12-33-26)31-24-10-9-17(13-20(21)24)22-16-29-23-7-2-1-6-19(22)23/h1-16,29H,(H,30,32). The molecule has 4 heterocycles. The number of para-hydroxylation sites is 1. The molecule has 158 valence electrons. The molecule has 0 fully saturated rings. The third-order valence-electron chi connectivity index (χ3n) is 5.65. The molecule has 4 aromatic heterocycles. The highest BCUT2D eigenvalue weighted by Crippen LogP contribution is 2.33. The number of hydrogen-bond donors (Lipinski definition) is 2. The lowest BCUT2D eigenvalue weighted by atomic mass is 9.99. The zero-order chi connectivity index (χ0) is 22.2. The zero-order valence-corrected chi connectivity index (χ0v) is 17.4. The molecule has 0 aliphatic rings. The van der Waals surface area contributed by atoms with Gasteiger partial charge in [-0.3, -0.25) is 9.78 Å². The number of carbonyl (C=O) groups is 1. The summed E-state index contributed by atoms with van der Waals surface area (Å²) in [5.74, 6) is 0.368. The number of nitrogens with one attached hydrogen (secondary N) is 2. The van der Waals surface area contributed by atoms with E-state index in [1.807, 2.05) is 48.7 Å². The summed E-state index contributed by atoms with van der Waals surface area (Å²) in [5, 5.41) is 4.82. The van der Waals surface area contributed by atoms with E-state index in [1.165, 1.54) is 0 Å². The van der Waals surface area contributed by atoms with Crippen LogP contribution in [0.1, 0.15) is 10.4 Å². The average Bonchev–Trinajstić information content (AvgIpc) is 3.54. The molecule has 0 saturated carbocycles. The summed E-state index contributed by atoms with van der Waals surface area (Å²) in [4.78, 5) is 25.5. The molecule has 6 heteroatoms. The summed E-state index contributed by atoms with van der Waals surface area (Å²) in [5.41, 5.74) is 5.59. The first-order valence-electron chi connectivity index (χ1n) is 10.5. The van der Waals surface area contributed by atoms with Gasteiger partial charge < -0.3 is 14.7 Å². The number of anilines is 1. The van der Waals surface area contributed by atoms with E-state index >= 15 is 0 Å². The van der Waals surface area contributed by atoms with Crippen LogP contribution in [-0.4, -0.2) is 20.9 Å². The Morgan fingerprint density at radius 1 is 0.939 bits per heavy atom. The summed E-state index contributed by atoms with van der Waals surface area (Å²) in [7, 11) is 0. The van der Waals surface area contributed by atoms with Gasteiger partial charge in [-0.1, -0.05) is 24.3 Å². The molecule has 0 spiro atoms. The first-order valence-corrected chi connectivity index (χ1v) is 10.5. The minimum absolute atomic E-state index is 0.237. The monoisotopic (exact) mass is 430 g/mol. The van der Waals surface area contributed by atoms with Crippen LogP contribution >= 0.6 is 0 Å². The van der Waals surface area contributed by atoms with Gasteiger partial charge in [0.2, 0.25) is 0 Å². The summed E-state index contributed by atoms with van der Waals surface area (Å²) >= 11 is 0. The molecule has 0 atom stereocenters. The van der Waals surface area contributed by atoms with Crippen LogP contribution in [0.25, 0.3) is 44.4 Å². The van der Waals surface area contributed by atoms with Gasteiger partial charge in [0, 0.05) is 34.2 Å². The first-order chi connectivity index (χ1) is 16.3. The predicted molar refractivity (Wildman–Crippen MR) is 129 cm³/mol. The van der Waals surface area contributed by atoms with Crippen LogP contribution < -0.4 is 5.32 Å². The quantitative estimate of drug-likeness (QED) is 0.344. The second-order valence-electron chi connectivity index (χ2n) is 7.71. The summed E-state index contributed by atoms with van der Waals surface area (Å²) < 4.78 is 5.54. The molecular weight excluding hydrogens is 412 g/mol. The molecule has 2 N–H and O–H groups in total. The highest BCUT2D eigenvalue weighted by Gasteiger charge is 2.17. The minimum atomic E-state index is -0.237. The third kappa shape index (κ3) is 3.43. The lowest BCUT2D eigenvalue weighted by Gasteiger charge is -2.11. The fourth-order valence-electron chi connectivity index (χ4n) is 4.08. The van der Waals surface area contributed by atoms with Gasteiger partial charge in [0.15, 0.2) is 5.76 Å². The van der Waals surface area contributed by atoms with E-state index in [0.29, 0.717) is 28.2 Å². The second-order valence-corrected chi connectivity index (χ2v) is 7.71. The van der Waals surface area contributed by atoms with Crippen molar-refractivity contribution in [2.45, 2.75) is 0 Å². The van der Waals surface area contributed by atoms with E-state index in [-0.39, 0.29) is 5.91 Å². The SMILES string of the molecule is O=C(Nc1cccnc1)c1cc(-c2ccco2)nc2ccc(-c3c[nH]c4ccccc34)cc12. The first kappa shape index (κ1) is 19.0. The van der Waals surface area contributed by atoms with Crippen molar-refractivity contribution in [3.8, 4) is 22.6 Å². The van der Waals surface area contributed by atoms with Gasteiger partial charge in [-0.2, -0.15) is 0 Å². The van der Waals surface area contributed by atoms with Crippen LogP contribution in [0.4, 0.5) is 5.69 Å². The Morgan fingerprint density at radius 2 is 1.88 bits per heavy atom. The molecule has 2 aromatic carbocycles. The molecule has 1 amide bonds. The number of amides is 1. The van der Waals surface area contributed by atoms with Crippen molar-refractivity contribution in [1.29, 1.82) is 0 Å². The smallest absolute Gasteiger partial charge is 0.256 e. The lowest BCUT2D eigenvalue weighted by Crippen LogP contribution is -2.13.